The van der Waals surface area contributed by atoms with E-state index < -0.39 is 0 Å². The summed E-state index contributed by atoms with van der Waals surface area (Å²) in [6.45, 7) is 1.89. The minimum Gasteiger partial charge on any atom is -0.497 e. The van der Waals surface area contributed by atoms with E-state index in [1.165, 1.54) is 11.8 Å². The number of anilines is 1. The molecule has 2 heterocycles. The van der Waals surface area contributed by atoms with E-state index >= 15 is 0 Å². The van der Waals surface area contributed by atoms with Crippen molar-refractivity contribution in [3.05, 3.63) is 48.3 Å². The normalized spacial score (nSPS) is 11.0. The van der Waals surface area contributed by atoms with Gasteiger partial charge in [0, 0.05) is 6.07 Å². The summed E-state index contributed by atoms with van der Waals surface area (Å²) >= 11 is 1.31. The zero-order valence-corrected chi connectivity index (χ0v) is 17.0. The fraction of sp³-hybridized carbons (Fsp3) is 0.200. The average Bonchev–Trinajstić information content (AvgIpc) is 3.14. The number of nitrogens with one attached hydrogen (secondary N) is 1. The molecule has 0 aliphatic heterocycles. The van der Waals surface area contributed by atoms with E-state index in [1.54, 1.807) is 32.4 Å². The Labute approximate surface area is 171 Å². The first-order valence-corrected chi connectivity index (χ1v) is 9.84. The van der Waals surface area contributed by atoms with Crippen molar-refractivity contribution in [2.45, 2.75) is 11.9 Å². The maximum atomic E-state index is 12.6. The van der Waals surface area contributed by atoms with Gasteiger partial charge in [0.25, 0.3) is 0 Å². The van der Waals surface area contributed by atoms with Crippen LogP contribution in [-0.4, -0.2) is 45.5 Å². The molecule has 8 nitrogen and oxygen atoms in total. The number of aryl methyl sites for hydroxylation is 1. The van der Waals surface area contributed by atoms with Crippen LogP contribution in [0.1, 0.15) is 5.82 Å². The Morgan fingerprint density at radius 2 is 1.97 bits per heavy atom. The number of ether oxygens (including phenoxy) is 2. The smallest absolute Gasteiger partial charge is 0.234 e. The molecule has 148 valence electrons. The SMILES string of the molecule is COc1ccc(OC)c(NC(=O)CSc2nc3ccccc3n3c(C)nnc23)c1. The van der Waals surface area contributed by atoms with Gasteiger partial charge in [-0.15, -0.1) is 10.2 Å². The van der Waals surface area contributed by atoms with Crippen LogP contribution >= 0.6 is 11.8 Å². The van der Waals surface area contributed by atoms with Crippen molar-refractivity contribution < 1.29 is 14.3 Å². The Balaban J connectivity index is 1.58. The minimum absolute atomic E-state index is 0.160. The topological polar surface area (TPSA) is 90.6 Å². The summed E-state index contributed by atoms with van der Waals surface area (Å²) in [6, 6.07) is 13.0. The van der Waals surface area contributed by atoms with Gasteiger partial charge < -0.3 is 14.8 Å². The molecule has 0 unspecified atom stereocenters. The highest BCUT2D eigenvalue weighted by Crippen LogP contribution is 2.30. The molecule has 0 atom stereocenters. The Morgan fingerprint density at radius 1 is 1.14 bits per heavy atom. The molecule has 0 fully saturated rings. The van der Waals surface area contributed by atoms with Crippen molar-refractivity contribution in [3.8, 4) is 11.5 Å². The van der Waals surface area contributed by atoms with E-state index in [9.17, 15) is 4.79 Å². The van der Waals surface area contributed by atoms with Crippen LogP contribution in [0.25, 0.3) is 16.7 Å². The summed E-state index contributed by atoms with van der Waals surface area (Å²) in [5.74, 6) is 1.93. The third-order valence-corrected chi connectivity index (χ3v) is 5.34. The van der Waals surface area contributed by atoms with Crippen molar-refractivity contribution >= 4 is 40.0 Å². The number of carbonyl (C=O) groups is 1. The van der Waals surface area contributed by atoms with Gasteiger partial charge in [-0.1, -0.05) is 23.9 Å². The maximum Gasteiger partial charge on any atom is 0.234 e. The molecule has 2 aromatic carbocycles. The van der Waals surface area contributed by atoms with Gasteiger partial charge in [-0.25, -0.2) is 4.98 Å². The summed E-state index contributed by atoms with van der Waals surface area (Å²) in [6.07, 6.45) is 0. The lowest BCUT2D eigenvalue weighted by molar-refractivity contribution is -0.113. The summed E-state index contributed by atoms with van der Waals surface area (Å²) in [5.41, 5.74) is 2.94. The molecule has 0 saturated heterocycles. The number of hydrogen-bond acceptors (Lipinski definition) is 7. The number of aromatic nitrogens is 4. The number of para-hydroxylation sites is 2. The molecule has 0 aliphatic rings. The second-order valence-electron chi connectivity index (χ2n) is 6.21. The van der Waals surface area contributed by atoms with Crippen molar-refractivity contribution in [2.75, 3.05) is 25.3 Å². The highest BCUT2D eigenvalue weighted by molar-refractivity contribution is 8.00. The highest BCUT2D eigenvalue weighted by Gasteiger charge is 2.15. The van der Waals surface area contributed by atoms with E-state index in [4.69, 9.17) is 9.47 Å². The number of rotatable bonds is 6. The Morgan fingerprint density at radius 3 is 2.76 bits per heavy atom. The fourth-order valence-electron chi connectivity index (χ4n) is 3.03. The average molecular weight is 409 g/mol. The number of amides is 1. The van der Waals surface area contributed by atoms with Crippen LogP contribution in [0, 0.1) is 6.92 Å². The van der Waals surface area contributed by atoms with Crippen molar-refractivity contribution in [2.24, 2.45) is 0 Å². The van der Waals surface area contributed by atoms with Gasteiger partial charge in [-0.3, -0.25) is 9.20 Å². The molecule has 29 heavy (non-hydrogen) atoms. The zero-order valence-electron chi connectivity index (χ0n) is 16.2. The summed E-state index contributed by atoms with van der Waals surface area (Å²) in [4.78, 5) is 17.2. The first-order valence-electron chi connectivity index (χ1n) is 8.86. The predicted molar refractivity (Wildman–Crippen MR) is 112 cm³/mol. The molecule has 0 bridgehead atoms. The first kappa shape index (κ1) is 19.0. The van der Waals surface area contributed by atoms with Crippen LogP contribution in [0.4, 0.5) is 5.69 Å². The zero-order chi connectivity index (χ0) is 20.4. The summed E-state index contributed by atoms with van der Waals surface area (Å²) < 4.78 is 12.5. The lowest BCUT2D eigenvalue weighted by Crippen LogP contribution is -2.15. The van der Waals surface area contributed by atoms with E-state index in [1.807, 2.05) is 35.6 Å². The second-order valence-corrected chi connectivity index (χ2v) is 7.18. The van der Waals surface area contributed by atoms with E-state index in [0.717, 1.165) is 16.9 Å². The molecule has 4 aromatic rings. The summed E-state index contributed by atoms with van der Waals surface area (Å²) in [5, 5.41) is 11.9. The number of benzene rings is 2. The van der Waals surface area contributed by atoms with Crippen LogP contribution < -0.4 is 14.8 Å². The van der Waals surface area contributed by atoms with Crippen molar-refractivity contribution in [1.29, 1.82) is 0 Å². The van der Waals surface area contributed by atoms with Gasteiger partial charge in [0.2, 0.25) is 5.91 Å². The van der Waals surface area contributed by atoms with Crippen LogP contribution in [0.5, 0.6) is 11.5 Å². The molecule has 2 aromatic heterocycles. The number of methoxy groups -OCH3 is 2. The Kier molecular flexibility index (Phi) is 5.22. The lowest BCUT2D eigenvalue weighted by Gasteiger charge is -2.12. The number of carbonyl (C=O) groups excluding carboxylic acids is 1. The highest BCUT2D eigenvalue weighted by atomic mass is 32.2. The molecule has 0 spiro atoms. The van der Waals surface area contributed by atoms with Gasteiger partial charge in [0.1, 0.15) is 22.3 Å². The van der Waals surface area contributed by atoms with Crippen LogP contribution in [0.2, 0.25) is 0 Å². The Hall–Kier alpha value is -3.33. The lowest BCUT2D eigenvalue weighted by atomic mass is 10.2. The number of nitrogens with zero attached hydrogens (tertiary/aromatic N) is 4. The third-order valence-electron chi connectivity index (χ3n) is 4.38. The molecule has 0 radical (unpaired) electrons. The summed E-state index contributed by atoms with van der Waals surface area (Å²) in [7, 11) is 3.12. The molecule has 9 heteroatoms. The predicted octanol–water partition coefficient (Wildman–Crippen LogP) is 3.33. The van der Waals surface area contributed by atoms with Crippen molar-refractivity contribution in [1.82, 2.24) is 19.6 Å². The fourth-order valence-corrected chi connectivity index (χ4v) is 3.79. The first-order chi connectivity index (χ1) is 14.1. The molecular weight excluding hydrogens is 390 g/mol. The molecule has 1 N–H and O–H groups in total. The second kappa shape index (κ2) is 7.96. The number of fused-ring (bicyclic) bond motifs is 3. The number of thioether (sulfide) groups is 1. The van der Waals surface area contributed by atoms with E-state index in [-0.39, 0.29) is 11.7 Å². The minimum atomic E-state index is -0.189. The van der Waals surface area contributed by atoms with Crippen LogP contribution in [0.3, 0.4) is 0 Å². The van der Waals surface area contributed by atoms with Crippen LogP contribution in [0.15, 0.2) is 47.5 Å². The quantitative estimate of drug-likeness (QED) is 0.489. The molecular formula is C20H19N5O3S. The van der Waals surface area contributed by atoms with E-state index in [0.29, 0.717) is 27.9 Å². The van der Waals surface area contributed by atoms with E-state index in [2.05, 4.69) is 20.5 Å². The largest absolute Gasteiger partial charge is 0.497 e. The maximum absolute atomic E-state index is 12.6. The number of hydrogen-bond donors (Lipinski definition) is 1. The van der Waals surface area contributed by atoms with Gasteiger partial charge in [0.05, 0.1) is 36.7 Å². The monoisotopic (exact) mass is 409 g/mol. The van der Waals surface area contributed by atoms with Gasteiger partial charge in [-0.05, 0) is 31.2 Å². The molecule has 0 aliphatic carbocycles. The van der Waals surface area contributed by atoms with Gasteiger partial charge in [-0.2, -0.15) is 0 Å². The van der Waals surface area contributed by atoms with Crippen LogP contribution in [-0.2, 0) is 4.79 Å². The van der Waals surface area contributed by atoms with Crippen molar-refractivity contribution in [3.63, 3.8) is 0 Å². The standard InChI is InChI=1S/C20H19N5O3S/c1-12-23-24-19-20(22-14-6-4-5-7-16(14)25(12)19)29-11-18(26)21-15-10-13(27-2)8-9-17(15)28-3/h4-10H,11H2,1-3H3,(H,21,26). The van der Waals surface area contributed by atoms with Gasteiger partial charge in [0.15, 0.2) is 5.65 Å². The molecule has 1 amide bonds. The molecule has 4 rings (SSSR count). The van der Waals surface area contributed by atoms with Gasteiger partial charge >= 0.3 is 0 Å². The molecule has 0 saturated carbocycles. The Bertz CT molecular complexity index is 1210. The third kappa shape index (κ3) is 3.68.